The fourth-order valence-corrected chi connectivity index (χ4v) is 2.42. The highest BCUT2D eigenvalue weighted by atomic mass is 32.2. The Hall–Kier alpha value is -1.39. The Morgan fingerprint density at radius 2 is 2.06 bits per heavy atom. The van der Waals surface area contributed by atoms with Gasteiger partial charge in [-0.25, -0.2) is 0 Å². The number of ether oxygens (including phenoxy) is 1. The van der Waals surface area contributed by atoms with Crippen LogP contribution in [0.5, 0.6) is 5.75 Å². The van der Waals surface area contributed by atoms with E-state index in [-0.39, 0.29) is 11.9 Å². The number of rotatable bonds is 5. The van der Waals surface area contributed by atoms with Gasteiger partial charge in [-0.05, 0) is 36.4 Å². The largest absolute Gasteiger partial charge is 0.497 e. The molecule has 0 aliphatic heterocycles. The fraction of sp³-hybridized carbons (Fsp3) is 0.231. The molecule has 2 aromatic rings. The molecule has 90 valence electrons. The summed E-state index contributed by atoms with van der Waals surface area (Å²) < 4.78 is 10.4. The van der Waals surface area contributed by atoms with E-state index in [9.17, 15) is 5.11 Å². The lowest BCUT2D eigenvalue weighted by Crippen LogP contribution is -1.97. The maximum atomic E-state index is 9.35. The Morgan fingerprint density at radius 1 is 1.29 bits per heavy atom. The van der Waals surface area contributed by atoms with E-state index in [4.69, 9.17) is 9.15 Å². The molecule has 4 heteroatoms. The maximum Gasteiger partial charge on any atom is 0.119 e. The van der Waals surface area contributed by atoms with E-state index in [1.165, 1.54) is 0 Å². The number of aliphatic hydroxyl groups excluding tert-OH is 1. The number of methoxy groups -OCH3 is 1. The molecule has 0 spiro atoms. The predicted molar refractivity (Wildman–Crippen MR) is 67.4 cm³/mol. The Morgan fingerprint density at radius 3 is 2.59 bits per heavy atom. The van der Waals surface area contributed by atoms with E-state index in [0.717, 1.165) is 16.4 Å². The van der Waals surface area contributed by atoms with Crippen LogP contribution in [-0.4, -0.2) is 18.8 Å². The molecular weight excluding hydrogens is 236 g/mol. The summed E-state index contributed by atoms with van der Waals surface area (Å²) in [5.74, 6) is 1.61. The summed E-state index contributed by atoms with van der Waals surface area (Å²) in [6.45, 7) is 0.0458. The second-order valence-corrected chi connectivity index (χ2v) is 4.76. The van der Waals surface area contributed by atoms with Gasteiger partial charge in [0, 0.05) is 4.90 Å². The highest BCUT2D eigenvalue weighted by Gasteiger charge is 2.14. The monoisotopic (exact) mass is 250 g/mol. The number of hydrogen-bond acceptors (Lipinski definition) is 4. The molecule has 17 heavy (non-hydrogen) atoms. The van der Waals surface area contributed by atoms with Crippen LogP contribution in [0.15, 0.2) is 52.0 Å². The number of aliphatic hydroxyl groups is 1. The van der Waals surface area contributed by atoms with Crippen molar-refractivity contribution in [2.45, 2.75) is 10.1 Å². The van der Waals surface area contributed by atoms with Crippen molar-refractivity contribution in [1.82, 2.24) is 0 Å². The molecule has 0 bridgehead atoms. The minimum absolute atomic E-state index is 0.0458. The lowest BCUT2D eigenvalue weighted by molar-refractivity contribution is 0.284. The number of benzene rings is 1. The summed E-state index contributed by atoms with van der Waals surface area (Å²) in [6, 6.07) is 11.4. The zero-order valence-electron chi connectivity index (χ0n) is 9.50. The summed E-state index contributed by atoms with van der Waals surface area (Å²) in [5.41, 5.74) is 0. The van der Waals surface area contributed by atoms with Crippen molar-refractivity contribution >= 4 is 11.8 Å². The standard InChI is InChI=1S/C13H14O3S/c1-15-10-4-6-11(7-5-10)17-13(9-14)12-3-2-8-16-12/h2-8,13-14H,9H2,1H3. The van der Waals surface area contributed by atoms with Gasteiger partial charge in [0.1, 0.15) is 11.5 Å². The molecule has 1 N–H and O–H groups in total. The van der Waals surface area contributed by atoms with Crippen LogP contribution in [0.2, 0.25) is 0 Å². The first-order valence-corrected chi connectivity index (χ1v) is 6.16. The predicted octanol–water partition coefficient (Wildman–Crippen LogP) is 3.11. The molecule has 0 radical (unpaired) electrons. The quantitative estimate of drug-likeness (QED) is 0.828. The summed E-state index contributed by atoms with van der Waals surface area (Å²) in [7, 11) is 1.64. The molecule has 0 saturated heterocycles. The van der Waals surface area contributed by atoms with Crippen LogP contribution in [0.1, 0.15) is 11.0 Å². The van der Waals surface area contributed by atoms with Crippen LogP contribution in [0.4, 0.5) is 0 Å². The fourth-order valence-electron chi connectivity index (χ4n) is 1.48. The van der Waals surface area contributed by atoms with Crippen molar-refractivity contribution in [2.24, 2.45) is 0 Å². The second kappa shape index (κ2) is 5.80. The third kappa shape index (κ3) is 3.05. The summed E-state index contributed by atoms with van der Waals surface area (Å²) in [6.07, 6.45) is 1.62. The number of hydrogen-bond donors (Lipinski definition) is 1. The van der Waals surface area contributed by atoms with Gasteiger partial charge in [0.15, 0.2) is 0 Å². The summed E-state index contributed by atoms with van der Waals surface area (Å²) in [5, 5.41) is 9.28. The third-order valence-electron chi connectivity index (χ3n) is 2.36. The van der Waals surface area contributed by atoms with E-state index in [1.807, 2.05) is 36.4 Å². The molecule has 0 fully saturated rings. The molecule has 0 aliphatic carbocycles. The first kappa shape index (κ1) is 12.1. The van der Waals surface area contributed by atoms with E-state index in [0.29, 0.717) is 0 Å². The average molecular weight is 250 g/mol. The van der Waals surface area contributed by atoms with E-state index in [1.54, 1.807) is 25.1 Å². The molecule has 3 nitrogen and oxygen atoms in total. The van der Waals surface area contributed by atoms with Gasteiger partial charge in [-0.3, -0.25) is 0 Å². The first-order valence-electron chi connectivity index (χ1n) is 5.28. The van der Waals surface area contributed by atoms with Crippen molar-refractivity contribution in [3.63, 3.8) is 0 Å². The van der Waals surface area contributed by atoms with Gasteiger partial charge in [-0.15, -0.1) is 11.8 Å². The van der Waals surface area contributed by atoms with Gasteiger partial charge < -0.3 is 14.3 Å². The minimum Gasteiger partial charge on any atom is -0.497 e. The van der Waals surface area contributed by atoms with Crippen LogP contribution in [0, 0.1) is 0 Å². The SMILES string of the molecule is COc1ccc(SC(CO)c2ccco2)cc1. The van der Waals surface area contributed by atoms with Crippen LogP contribution in [0.25, 0.3) is 0 Å². The van der Waals surface area contributed by atoms with Crippen LogP contribution in [0.3, 0.4) is 0 Å². The summed E-state index contributed by atoms with van der Waals surface area (Å²) in [4.78, 5) is 1.07. The van der Waals surface area contributed by atoms with Crippen LogP contribution in [-0.2, 0) is 0 Å². The smallest absolute Gasteiger partial charge is 0.119 e. The van der Waals surface area contributed by atoms with E-state index in [2.05, 4.69) is 0 Å². The van der Waals surface area contributed by atoms with Gasteiger partial charge in [0.2, 0.25) is 0 Å². The minimum atomic E-state index is -0.0709. The van der Waals surface area contributed by atoms with E-state index >= 15 is 0 Å². The van der Waals surface area contributed by atoms with Gasteiger partial charge in [-0.2, -0.15) is 0 Å². The van der Waals surface area contributed by atoms with Gasteiger partial charge in [0.25, 0.3) is 0 Å². The van der Waals surface area contributed by atoms with Gasteiger partial charge >= 0.3 is 0 Å². The Kier molecular flexibility index (Phi) is 4.12. The zero-order valence-corrected chi connectivity index (χ0v) is 10.3. The normalized spacial score (nSPS) is 12.4. The molecule has 2 rings (SSSR count). The maximum absolute atomic E-state index is 9.35. The Balaban J connectivity index is 2.07. The highest BCUT2D eigenvalue weighted by molar-refractivity contribution is 7.99. The molecule has 1 heterocycles. The lowest BCUT2D eigenvalue weighted by atomic mass is 10.3. The van der Waals surface area contributed by atoms with Crippen molar-refractivity contribution in [1.29, 1.82) is 0 Å². The molecule has 0 amide bonds. The van der Waals surface area contributed by atoms with Gasteiger partial charge in [0.05, 0.1) is 25.2 Å². The average Bonchev–Trinajstić information content (AvgIpc) is 2.90. The zero-order chi connectivity index (χ0) is 12.1. The number of furan rings is 1. The molecule has 1 atom stereocenters. The molecule has 0 aliphatic rings. The van der Waals surface area contributed by atoms with Crippen molar-refractivity contribution in [3.8, 4) is 5.75 Å². The third-order valence-corrected chi connectivity index (χ3v) is 3.57. The first-order chi connectivity index (χ1) is 8.33. The topological polar surface area (TPSA) is 42.6 Å². The van der Waals surface area contributed by atoms with Crippen molar-refractivity contribution in [3.05, 3.63) is 48.4 Å². The molecule has 1 aromatic carbocycles. The Labute approximate surface area is 104 Å². The van der Waals surface area contributed by atoms with Crippen molar-refractivity contribution < 1.29 is 14.3 Å². The number of thioether (sulfide) groups is 1. The molecule has 0 saturated carbocycles. The highest BCUT2D eigenvalue weighted by Crippen LogP contribution is 2.35. The van der Waals surface area contributed by atoms with Crippen LogP contribution >= 0.6 is 11.8 Å². The van der Waals surface area contributed by atoms with Crippen molar-refractivity contribution in [2.75, 3.05) is 13.7 Å². The summed E-state index contributed by atoms with van der Waals surface area (Å²) >= 11 is 1.57. The molecule has 1 unspecified atom stereocenters. The van der Waals surface area contributed by atoms with E-state index < -0.39 is 0 Å². The molecule has 1 aromatic heterocycles. The van der Waals surface area contributed by atoms with Crippen LogP contribution < -0.4 is 4.74 Å². The lowest BCUT2D eigenvalue weighted by Gasteiger charge is -2.11. The second-order valence-electron chi connectivity index (χ2n) is 3.48. The Bertz CT molecular complexity index is 436. The molecular formula is C13H14O3S. The van der Waals surface area contributed by atoms with Gasteiger partial charge in [-0.1, -0.05) is 0 Å².